The first-order valence-corrected chi connectivity index (χ1v) is 7.14. The predicted molar refractivity (Wildman–Crippen MR) is 71.7 cm³/mol. The molecule has 0 atom stereocenters. The molecule has 0 bridgehead atoms. The lowest BCUT2D eigenvalue weighted by Crippen LogP contribution is -2.44. The van der Waals surface area contributed by atoms with Crippen LogP contribution >= 0.6 is 0 Å². The molecular formula is C14H28N2O. The van der Waals surface area contributed by atoms with Gasteiger partial charge in [-0.15, -0.1) is 0 Å². The minimum Gasteiger partial charge on any atom is -0.338 e. The van der Waals surface area contributed by atoms with Crippen LogP contribution in [0.2, 0.25) is 0 Å². The normalized spacial score (nSPS) is 17.4. The van der Waals surface area contributed by atoms with E-state index < -0.39 is 0 Å². The Morgan fingerprint density at radius 2 is 1.94 bits per heavy atom. The molecular weight excluding hydrogens is 212 g/mol. The summed E-state index contributed by atoms with van der Waals surface area (Å²) in [5, 5.41) is 0. The van der Waals surface area contributed by atoms with Crippen molar-refractivity contribution < 1.29 is 4.79 Å². The maximum Gasteiger partial charge on any atom is 0.222 e. The summed E-state index contributed by atoms with van der Waals surface area (Å²) in [6.45, 7) is 5.66. The second-order valence-electron chi connectivity index (χ2n) is 5.60. The number of nitrogens with two attached hydrogens (primary N) is 1. The summed E-state index contributed by atoms with van der Waals surface area (Å²) in [5.41, 5.74) is 5.64. The Labute approximate surface area is 106 Å². The molecule has 0 aromatic rings. The van der Waals surface area contributed by atoms with Crippen LogP contribution in [0.25, 0.3) is 0 Å². The van der Waals surface area contributed by atoms with Crippen LogP contribution in [0.1, 0.15) is 58.8 Å². The molecule has 1 saturated carbocycles. The molecule has 2 N–H and O–H groups in total. The number of hydrogen-bond donors (Lipinski definition) is 1. The SMILES string of the molecule is CC(C)CCC(=O)N(CCN)C1CCCCC1. The molecule has 0 heterocycles. The highest BCUT2D eigenvalue weighted by molar-refractivity contribution is 5.76. The van der Waals surface area contributed by atoms with Gasteiger partial charge >= 0.3 is 0 Å². The minimum absolute atomic E-state index is 0.316. The Morgan fingerprint density at radius 1 is 1.29 bits per heavy atom. The van der Waals surface area contributed by atoms with Gasteiger partial charge in [-0.1, -0.05) is 33.1 Å². The number of hydrogen-bond acceptors (Lipinski definition) is 2. The van der Waals surface area contributed by atoms with Gasteiger partial charge in [-0.05, 0) is 25.2 Å². The molecule has 0 radical (unpaired) electrons. The molecule has 1 amide bonds. The third-order valence-electron chi connectivity index (χ3n) is 3.64. The summed E-state index contributed by atoms with van der Waals surface area (Å²) in [5.74, 6) is 0.918. The van der Waals surface area contributed by atoms with Crippen molar-refractivity contribution in [3.8, 4) is 0 Å². The molecule has 0 aromatic heterocycles. The summed E-state index contributed by atoms with van der Waals surface area (Å²) >= 11 is 0. The highest BCUT2D eigenvalue weighted by Gasteiger charge is 2.24. The van der Waals surface area contributed by atoms with Gasteiger partial charge in [-0.25, -0.2) is 0 Å². The van der Waals surface area contributed by atoms with E-state index in [1.165, 1.54) is 32.1 Å². The first kappa shape index (κ1) is 14.5. The van der Waals surface area contributed by atoms with Gasteiger partial charge in [0.15, 0.2) is 0 Å². The number of nitrogens with zero attached hydrogens (tertiary/aromatic N) is 1. The van der Waals surface area contributed by atoms with Gasteiger partial charge in [-0.3, -0.25) is 4.79 Å². The van der Waals surface area contributed by atoms with Crippen LogP contribution in [0.3, 0.4) is 0 Å². The highest BCUT2D eigenvalue weighted by Crippen LogP contribution is 2.23. The molecule has 3 heteroatoms. The van der Waals surface area contributed by atoms with E-state index in [-0.39, 0.29) is 0 Å². The van der Waals surface area contributed by atoms with Crippen molar-refractivity contribution in [2.24, 2.45) is 11.7 Å². The Bertz CT molecular complexity index is 222. The molecule has 100 valence electrons. The fraction of sp³-hybridized carbons (Fsp3) is 0.929. The summed E-state index contributed by atoms with van der Waals surface area (Å²) in [6.07, 6.45) is 7.89. The van der Waals surface area contributed by atoms with Crippen molar-refractivity contribution in [3.05, 3.63) is 0 Å². The third-order valence-corrected chi connectivity index (χ3v) is 3.64. The number of carbonyl (C=O) groups is 1. The fourth-order valence-corrected chi connectivity index (χ4v) is 2.60. The molecule has 1 aliphatic carbocycles. The lowest BCUT2D eigenvalue weighted by atomic mass is 9.93. The lowest BCUT2D eigenvalue weighted by Gasteiger charge is -2.34. The van der Waals surface area contributed by atoms with Crippen molar-refractivity contribution in [1.82, 2.24) is 4.90 Å². The van der Waals surface area contributed by atoms with Gasteiger partial charge in [0.1, 0.15) is 0 Å². The van der Waals surface area contributed by atoms with Gasteiger partial charge in [-0.2, -0.15) is 0 Å². The van der Waals surface area contributed by atoms with Gasteiger partial charge in [0.05, 0.1) is 0 Å². The topological polar surface area (TPSA) is 46.3 Å². The zero-order chi connectivity index (χ0) is 12.7. The average molecular weight is 240 g/mol. The molecule has 0 unspecified atom stereocenters. The van der Waals surface area contributed by atoms with Crippen LogP contribution in [0.4, 0.5) is 0 Å². The van der Waals surface area contributed by atoms with Gasteiger partial charge in [0.25, 0.3) is 0 Å². The monoisotopic (exact) mass is 240 g/mol. The third kappa shape index (κ3) is 5.07. The first-order valence-electron chi connectivity index (χ1n) is 7.14. The quantitative estimate of drug-likeness (QED) is 0.775. The lowest BCUT2D eigenvalue weighted by molar-refractivity contribution is -0.134. The Hall–Kier alpha value is -0.570. The zero-order valence-electron chi connectivity index (χ0n) is 11.5. The Kier molecular flexibility index (Phi) is 6.56. The predicted octanol–water partition coefficient (Wildman–Crippen LogP) is 2.54. The van der Waals surface area contributed by atoms with Crippen LogP contribution < -0.4 is 5.73 Å². The molecule has 1 aliphatic rings. The van der Waals surface area contributed by atoms with Gasteiger partial charge in [0.2, 0.25) is 5.91 Å². The van der Waals surface area contributed by atoms with E-state index in [4.69, 9.17) is 5.73 Å². The van der Waals surface area contributed by atoms with Gasteiger partial charge in [0, 0.05) is 25.6 Å². The van der Waals surface area contributed by atoms with Crippen molar-refractivity contribution >= 4 is 5.91 Å². The van der Waals surface area contributed by atoms with Crippen LogP contribution in [0.15, 0.2) is 0 Å². The molecule has 17 heavy (non-hydrogen) atoms. The number of carbonyl (C=O) groups excluding carboxylic acids is 1. The minimum atomic E-state index is 0.316. The molecule has 0 saturated heterocycles. The summed E-state index contributed by atoms with van der Waals surface area (Å²) in [6, 6.07) is 0.465. The molecule has 0 aromatic carbocycles. The second kappa shape index (κ2) is 7.70. The van der Waals surface area contributed by atoms with Crippen LogP contribution in [-0.4, -0.2) is 29.9 Å². The van der Waals surface area contributed by atoms with Gasteiger partial charge < -0.3 is 10.6 Å². The highest BCUT2D eigenvalue weighted by atomic mass is 16.2. The number of rotatable bonds is 6. The fourth-order valence-electron chi connectivity index (χ4n) is 2.60. The summed E-state index contributed by atoms with van der Waals surface area (Å²) < 4.78 is 0. The summed E-state index contributed by atoms with van der Waals surface area (Å²) in [4.78, 5) is 14.3. The van der Waals surface area contributed by atoms with E-state index in [9.17, 15) is 4.79 Å². The van der Waals surface area contributed by atoms with Crippen LogP contribution in [-0.2, 0) is 4.79 Å². The molecule has 1 fully saturated rings. The number of amides is 1. The van der Waals surface area contributed by atoms with E-state index in [0.29, 0.717) is 30.8 Å². The van der Waals surface area contributed by atoms with Crippen molar-refractivity contribution in [3.63, 3.8) is 0 Å². The largest absolute Gasteiger partial charge is 0.338 e. The van der Waals surface area contributed by atoms with E-state index in [1.54, 1.807) is 0 Å². The zero-order valence-corrected chi connectivity index (χ0v) is 11.5. The van der Waals surface area contributed by atoms with E-state index in [1.807, 2.05) is 0 Å². The maximum absolute atomic E-state index is 12.2. The average Bonchev–Trinajstić information content (AvgIpc) is 2.34. The molecule has 0 spiro atoms. The van der Waals surface area contributed by atoms with Crippen molar-refractivity contribution in [1.29, 1.82) is 0 Å². The second-order valence-corrected chi connectivity index (χ2v) is 5.60. The first-order chi connectivity index (χ1) is 8.15. The van der Waals surface area contributed by atoms with E-state index in [0.717, 1.165) is 13.0 Å². The Balaban J connectivity index is 2.47. The molecule has 1 rings (SSSR count). The van der Waals surface area contributed by atoms with Crippen LogP contribution in [0, 0.1) is 5.92 Å². The van der Waals surface area contributed by atoms with Crippen LogP contribution in [0.5, 0.6) is 0 Å². The standard InChI is InChI=1S/C14H28N2O/c1-12(2)8-9-14(17)16(11-10-15)13-6-4-3-5-7-13/h12-13H,3-11,15H2,1-2H3. The maximum atomic E-state index is 12.2. The van der Waals surface area contributed by atoms with E-state index in [2.05, 4.69) is 18.7 Å². The molecule has 3 nitrogen and oxygen atoms in total. The van der Waals surface area contributed by atoms with E-state index >= 15 is 0 Å². The van der Waals surface area contributed by atoms with Crippen molar-refractivity contribution in [2.45, 2.75) is 64.8 Å². The van der Waals surface area contributed by atoms with Crippen molar-refractivity contribution in [2.75, 3.05) is 13.1 Å². The smallest absolute Gasteiger partial charge is 0.222 e. The Morgan fingerprint density at radius 3 is 2.47 bits per heavy atom. The molecule has 0 aliphatic heterocycles. The summed E-state index contributed by atoms with van der Waals surface area (Å²) in [7, 11) is 0.